The number of carboxylic acid groups (broad SMARTS) is 1. The van der Waals surface area contributed by atoms with E-state index >= 15 is 0 Å². The van der Waals surface area contributed by atoms with Crippen LogP contribution in [-0.4, -0.2) is 21.0 Å². The van der Waals surface area contributed by atoms with Crippen molar-refractivity contribution in [3.8, 4) is 34.0 Å². The first-order chi connectivity index (χ1) is 13.5. The van der Waals surface area contributed by atoms with Crippen LogP contribution in [0.1, 0.15) is 10.4 Å². The van der Waals surface area contributed by atoms with E-state index in [1.54, 1.807) is 48.8 Å². The van der Waals surface area contributed by atoms with E-state index in [-0.39, 0.29) is 5.56 Å². The molecular weight excluding hydrogens is 399 g/mol. The molecule has 5 nitrogen and oxygen atoms in total. The van der Waals surface area contributed by atoms with Gasteiger partial charge in [-0.25, -0.2) is 9.78 Å². The lowest BCUT2D eigenvalue weighted by Crippen LogP contribution is -1.95. The van der Waals surface area contributed by atoms with Gasteiger partial charge in [0.1, 0.15) is 5.69 Å². The lowest BCUT2D eigenvalue weighted by Gasteiger charge is -2.04. The van der Waals surface area contributed by atoms with Crippen LogP contribution < -0.4 is 0 Å². The Morgan fingerprint density at radius 1 is 0.929 bits per heavy atom. The third kappa shape index (κ3) is 3.50. The molecule has 4 aromatic rings. The van der Waals surface area contributed by atoms with Gasteiger partial charge in [-0.1, -0.05) is 35.3 Å². The highest BCUT2D eigenvalue weighted by Gasteiger charge is 2.19. The molecule has 0 aliphatic rings. The second kappa shape index (κ2) is 7.46. The fourth-order valence-electron chi connectivity index (χ4n) is 2.73. The Kier molecular flexibility index (Phi) is 4.86. The third-order valence-electron chi connectivity index (χ3n) is 4.12. The van der Waals surface area contributed by atoms with E-state index in [9.17, 15) is 4.79 Å². The first-order valence-electron chi connectivity index (χ1n) is 8.23. The van der Waals surface area contributed by atoms with Gasteiger partial charge >= 0.3 is 5.97 Å². The first-order valence-corrected chi connectivity index (χ1v) is 8.99. The number of benzene rings is 2. The van der Waals surface area contributed by atoms with Crippen LogP contribution in [0.5, 0.6) is 0 Å². The Bertz CT molecular complexity index is 1160. The van der Waals surface area contributed by atoms with E-state index < -0.39 is 5.97 Å². The maximum atomic E-state index is 11.1. The zero-order valence-electron chi connectivity index (χ0n) is 14.3. The largest absolute Gasteiger partial charge is 0.478 e. The molecule has 2 aromatic heterocycles. The molecule has 0 atom stereocenters. The van der Waals surface area contributed by atoms with Crippen molar-refractivity contribution in [1.29, 1.82) is 0 Å². The predicted molar refractivity (Wildman–Crippen MR) is 108 cm³/mol. The van der Waals surface area contributed by atoms with Crippen molar-refractivity contribution in [2.24, 2.45) is 0 Å². The zero-order valence-corrected chi connectivity index (χ0v) is 15.8. The van der Waals surface area contributed by atoms with Crippen LogP contribution in [0.3, 0.4) is 0 Å². The molecule has 7 heteroatoms. The molecule has 0 fully saturated rings. The van der Waals surface area contributed by atoms with E-state index in [1.165, 1.54) is 12.1 Å². The summed E-state index contributed by atoms with van der Waals surface area (Å²) in [7, 11) is 0. The Hall–Kier alpha value is -3.15. The molecule has 0 aliphatic heterocycles. The smallest absolute Gasteiger partial charge is 0.335 e. The SMILES string of the molecule is O=C(O)c1ccc(-c2nc(-c3cccnc3)oc2-c2ccc(Cl)c(Cl)c2)cc1. The van der Waals surface area contributed by atoms with Crippen LogP contribution in [0, 0.1) is 0 Å². The summed E-state index contributed by atoms with van der Waals surface area (Å²) in [6.07, 6.45) is 3.32. The number of aromatic nitrogens is 2. The van der Waals surface area contributed by atoms with E-state index in [2.05, 4.69) is 9.97 Å². The van der Waals surface area contributed by atoms with Gasteiger partial charge < -0.3 is 9.52 Å². The van der Waals surface area contributed by atoms with Gasteiger partial charge in [0, 0.05) is 23.5 Å². The zero-order chi connectivity index (χ0) is 19.7. The van der Waals surface area contributed by atoms with Gasteiger partial charge in [-0.15, -0.1) is 0 Å². The van der Waals surface area contributed by atoms with Crippen LogP contribution in [0.15, 0.2) is 71.4 Å². The number of halogens is 2. The number of carbonyl (C=O) groups is 1. The number of oxazole rings is 1. The average Bonchev–Trinajstić information content (AvgIpc) is 3.16. The maximum absolute atomic E-state index is 11.1. The summed E-state index contributed by atoms with van der Waals surface area (Å²) < 4.78 is 6.04. The first kappa shape index (κ1) is 18.2. The normalized spacial score (nSPS) is 10.8. The fraction of sp³-hybridized carbons (Fsp3) is 0. The maximum Gasteiger partial charge on any atom is 0.335 e. The van der Waals surface area contributed by atoms with Crippen molar-refractivity contribution in [3.63, 3.8) is 0 Å². The van der Waals surface area contributed by atoms with Gasteiger partial charge in [0.05, 0.1) is 21.2 Å². The minimum Gasteiger partial charge on any atom is -0.478 e. The molecule has 0 saturated carbocycles. The number of hydrogen-bond donors (Lipinski definition) is 1. The van der Waals surface area contributed by atoms with Crippen LogP contribution in [0.25, 0.3) is 34.0 Å². The minimum absolute atomic E-state index is 0.191. The molecule has 0 radical (unpaired) electrons. The average molecular weight is 411 g/mol. The summed E-state index contributed by atoms with van der Waals surface area (Å²) in [5.41, 5.74) is 2.89. The molecule has 4 rings (SSSR count). The molecule has 1 N–H and O–H groups in total. The topological polar surface area (TPSA) is 76.2 Å². The second-order valence-electron chi connectivity index (χ2n) is 5.95. The molecular formula is C21H12Cl2N2O3. The number of hydrogen-bond acceptors (Lipinski definition) is 4. The molecule has 0 saturated heterocycles. The van der Waals surface area contributed by atoms with Crippen molar-refractivity contribution in [2.45, 2.75) is 0 Å². The van der Waals surface area contributed by atoms with Crippen LogP contribution in [-0.2, 0) is 0 Å². The Morgan fingerprint density at radius 2 is 1.68 bits per heavy atom. The van der Waals surface area contributed by atoms with Crippen molar-refractivity contribution in [2.75, 3.05) is 0 Å². The summed E-state index contributed by atoms with van der Waals surface area (Å²) in [4.78, 5) is 19.8. The van der Waals surface area contributed by atoms with E-state index in [4.69, 9.17) is 32.7 Å². The third-order valence-corrected chi connectivity index (χ3v) is 4.86. The molecule has 2 aromatic carbocycles. The number of rotatable bonds is 4. The van der Waals surface area contributed by atoms with Crippen molar-refractivity contribution >= 4 is 29.2 Å². The second-order valence-corrected chi connectivity index (χ2v) is 6.76. The molecule has 2 heterocycles. The van der Waals surface area contributed by atoms with Crippen molar-refractivity contribution in [3.05, 3.63) is 82.6 Å². The van der Waals surface area contributed by atoms with Crippen LogP contribution in [0.2, 0.25) is 10.0 Å². The molecule has 0 amide bonds. The number of pyridine rings is 1. The summed E-state index contributed by atoms with van der Waals surface area (Å²) in [6.45, 7) is 0. The molecule has 0 unspecified atom stereocenters. The van der Waals surface area contributed by atoms with Gasteiger partial charge in [-0.05, 0) is 42.5 Å². The Labute approximate surface area is 170 Å². The highest BCUT2D eigenvalue weighted by molar-refractivity contribution is 6.42. The fourth-order valence-corrected chi connectivity index (χ4v) is 3.03. The van der Waals surface area contributed by atoms with Gasteiger partial charge in [-0.2, -0.15) is 0 Å². The van der Waals surface area contributed by atoms with Crippen LogP contribution in [0.4, 0.5) is 0 Å². The highest BCUT2D eigenvalue weighted by atomic mass is 35.5. The van der Waals surface area contributed by atoms with Gasteiger partial charge in [0.2, 0.25) is 5.89 Å². The standard InChI is InChI=1S/C21H12Cl2N2O3/c22-16-8-7-14(10-17(16)23)19-18(12-3-5-13(6-4-12)21(26)27)25-20(28-19)15-2-1-9-24-11-15/h1-11H,(H,26,27). The Balaban J connectivity index is 1.89. The number of aromatic carboxylic acids is 1. The molecule has 28 heavy (non-hydrogen) atoms. The van der Waals surface area contributed by atoms with Gasteiger partial charge in [-0.3, -0.25) is 4.98 Å². The molecule has 0 bridgehead atoms. The van der Waals surface area contributed by atoms with E-state index in [0.29, 0.717) is 38.5 Å². The summed E-state index contributed by atoms with van der Waals surface area (Å²) in [6, 6.07) is 15.2. The minimum atomic E-state index is -0.993. The lowest BCUT2D eigenvalue weighted by molar-refractivity contribution is 0.0697. The molecule has 0 aliphatic carbocycles. The monoisotopic (exact) mass is 410 g/mol. The lowest BCUT2D eigenvalue weighted by atomic mass is 10.0. The van der Waals surface area contributed by atoms with E-state index in [1.807, 2.05) is 6.07 Å². The van der Waals surface area contributed by atoms with Crippen molar-refractivity contribution in [1.82, 2.24) is 9.97 Å². The quantitative estimate of drug-likeness (QED) is 0.441. The highest BCUT2D eigenvalue weighted by Crippen LogP contribution is 2.38. The van der Waals surface area contributed by atoms with Crippen LogP contribution >= 0.6 is 23.2 Å². The molecule has 138 valence electrons. The van der Waals surface area contributed by atoms with Gasteiger partial charge in [0.15, 0.2) is 5.76 Å². The summed E-state index contributed by atoms with van der Waals surface area (Å²) in [5.74, 6) is -0.0977. The predicted octanol–water partition coefficient (Wildman–Crippen LogP) is 6.08. The number of carboxylic acids is 1. The summed E-state index contributed by atoms with van der Waals surface area (Å²) >= 11 is 12.2. The molecule has 0 spiro atoms. The van der Waals surface area contributed by atoms with E-state index in [0.717, 1.165) is 5.56 Å². The van der Waals surface area contributed by atoms with Gasteiger partial charge in [0.25, 0.3) is 0 Å². The van der Waals surface area contributed by atoms with Crippen molar-refractivity contribution < 1.29 is 14.3 Å². The Morgan fingerprint density at radius 3 is 2.32 bits per heavy atom. The number of nitrogens with zero attached hydrogens (tertiary/aromatic N) is 2. The summed E-state index contributed by atoms with van der Waals surface area (Å²) in [5, 5.41) is 9.95.